The Morgan fingerprint density at radius 3 is 2.79 bits per heavy atom. The van der Waals surface area contributed by atoms with Gasteiger partial charge in [0.2, 0.25) is 11.8 Å². The summed E-state index contributed by atoms with van der Waals surface area (Å²) in [5.41, 5.74) is 1.75. The third-order valence-corrected chi connectivity index (χ3v) is 6.09. The SMILES string of the molecule is O=C(CN(C(=O)Cn1nc(-c2ncc[nH]2)c2ccccc21)C1CC1)NCc1cccc(Cl)c1F. The van der Waals surface area contributed by atoms with E-state index in [1.54, 1.807) is 34.1 Å². The number of fused-ring (bicyclic) bond motifs is 1. The quantitative estimate of drug-likeness (QED) is 0.403. The van der Waals surface area contributed by atoms with Gasteiger partial charge in [0.05, 0.1) is 17.1 Å². The maximum Gasteiger partial charge on any atom is 0.245 e. The summed E-state index contributed by atoms with van der Waals surface area (Å²) in [5.74, 6) is -0.501. The molecule has 0 unspecified atom stereocenters. The first-order valence-electron chi connectivity index (χ1n) is 11.0. The number of aromatic amines is 1. The van der Waals surface area contributed by atoms with Crippen LogP contribution in [0.4, 0.5) is 4.39 Å². The van der Waals surface area contributed by atoms with Crippen LogP contribution in [-0.4, -0.2) is 49.0 Å². The predicted octanol–water partition coefficient (Wildman–Crippen LogP) is 3.53. The summed E-state index contributed by atoms with van der Waals surface area (Å²) in [7, 11) is 0. The van der Waals surface area contributed by atoms with Crippen LogP contribution in [0.2, 0.25) is 5.02 Å². The standard InChI is InChI=1S/C24H22ClFN6O2/c25-18-6-3-4-15(22(18)26)12-29-20(33)13-31(16-8-9-16)21(34)14-32-19-7-2-1-5-17(19)23(30-32)24-27-10-11-28-24/h1-7,10-11,16H,8-9,12-14H2,(H,27,28)(H,29,33). The van der Waals surface area contributed by atoms with E-state index < -0.39 is 5.82 Å². The molecule has 0 aliphatic heterocycles. The van der Waals surface area contributed by atoms with Gasteiger partial charge >= 0.3 is 0 Å². The third-order valence-electron chi connectivity index (χ3n) is 5.80. The second-order valence-electron chi connectivity index (χ2n) is 8.20. The van der Waals surface area contributed by atoms with Crippen LogP contribution >= 0.6 is 11.6 Å². The predicted molar refractivity (Wildman–Crippen MR) is 125 cm³/mol. The van der Waals surface area contributed by atoms with Crippen LogP contribution in [0.1, 0.15) is 18.4 Å². The molecule has 174 valence electrons. The van der Waals surface area contributed by atoms with Crippen molar-refractivity contribution in [3.05, 3.63) is 71.3 Å². The molecule has 8 nitrogen and oxygen atoms in total. The lowest BCUT2D eigenvalue weighted by Gasteiger charge is -2.22. The number of nitrogens with one attached hydrogen (secondary N) is 2. The van der Waals surface area contributed by atoms with E-state index in [1.807, 2.05) is 24.3 Å². The number of carbonyl (C=O) groups is 2. The van der Waals surface area contributed by atoms with Crippen LogP contribution in [0.5, 0.6) is 0 Å². The van der Waals surface area contributed by atoms with Gasteiger partial charge < -0.3 is 15.2 Å². The molecule has 34 heavy (non-hydrogen) atoms. The van der Waals surface area contributed by atoms with Crippen molar-refractivity contribution in [3.8, 4) is 11.5 Å². The number of imidazole rings is 1. The fourth-order valence-electron chi connectivity index (χ4n) is 3.93. The Morgan fingerprint density at radius 2 is 2.03 bits per heavy atom. The minimum Gasteiger partial charge on any atom is -0.350 e. The van der Waals surface area contributed by atoms with E-state index in [1.165, 1.54) is 6.07 Å². The molecule has 0 spiro atoms. The van der Waals surface area contributed by atoms with Gasteiger partial charge in [-0.05, 0) is 25.0 Å². The molecule has 2 N–H and O–H groups in total. The minimum atomic E-state index is -0.558. The smallest absolute Gasteiger partial charge is 0.245 e. The number of hydrogen-bond donors (Lipinski definition) is 2. The highest BCUT2D eigenvalue weighted by molar-refractivity contribution is 6.30. The first kappa shape index (κ1) is 22.1. The maximum absolute atomic E-state index is 14.1. The number of amides is 2. The van der Waals surface area contributed by atoms with E-state index in [9.17, 15) is 14.0 Å². The van der Waals surface area contributed by atoms with E-state index in [-0.39, 0.29) is 42.5 Å². The zero-order chi connectivity index (χ0) is 23.7. The topological polar surface area (TPSA) is 95.9 Å². The summed E-state index contributed by atoms with van der Waals surface area (Å²) in [4.78, 5) is 34.7. The molecule has 10 heteroatoms. The van der Waals surface area contributed by atoms with Crippen molar-refractivity contribution < 1.29 is 14.0 Å². The van der Waals surface area contributed by atoms with Crippen LogP contribution in [0.3, 0.4) is 0 Å². The summed E-state index contributed by atoms with van der Waals surface area (Å²) in [6.45, 7) is -0.113. The first-order chi connectivity index (χ1) is 16.5. The monoisotopic (exact) mass is 480 g/mol. The Balaban J connectivity index is 1.30. The first-order valence-corrected chi connectivity index (χ1v) is 11.3. The van der Waals surface area contributed by atoms with Crippen molar-refractivity contribution in [1.29, 1.82) is 0 Å². The fraction of sp³-hybridized carbons (Fsp3) is 0.250. The number of para-hydroxylation sites is 1. The van der Waals surface area contributed by atoms with E-state index >= 15 is 0 Å². The van der Waals surface area contributed by atoms with Gasteiger partial charge in [-0.1, -0.05) is 41.9 Å². The van der Waals surface area contributed by atoms with Crippen LogP contribution in [0.15, 0.2) is 54.9 Å². The average molecular weight is 481 g/mol. The van der Waals surface area contributed by atoms with Crippen molar-refractivity contribution in [2.24, 2.45) is 0 Å². The van der Waals surface area contributed by atoms with Gasteiger partial charge in [0.1, 0.15) is 18.1 Å². The number of rotatable bonds is 8. The molecule has 2 aromatic carbocycles. The van der Waals surface area contributed by atoms with Crippen molar-refractivity contribution in [3.63, 3.8) is 0 Å². The lowest BCUT2D eigenvalue weighted by atomic mass is 10.2. The summed E-state index contributed by atoms with van der Waals surface area (Å²) < 4.78 is 15.7. The molecule has 0 radical (unpaired) electrons. The number of aromatic nitrogens is 4. The molecular formula is C24H22ClFN6O2. The number of halogens is 2. The van der Waals surface area contributed by atoms with Gasteiger partial charge in [-0.2, -0.15) is 5.10 Å². The van der Waals surface area contributed by atoms with Gasteiger partial charge in [0.15, 0.2) is 5.82 Å². The molecule has 1 fully saturated rings. The molecule has 2 heterocycles. The highest BCUT2D eigenvalue weighted by atomic mass is 35.5. The highest BCUT2D eigenvalue weighted by Crippen LogP contribution is 2.29. The third kappa shape index (κ3) is 4.51. The number of carbonyl (C=O) groups excluding carboxylic acids is 2. The molecule has 0 atom stereocenters. The normalized spacial score (nSPS) is 13.2. The number of H-pyrrole nitrogens is 1. The van der Waals surface area contributed by atoms with Crippen molar-refractivity contribution >= 4 is 34.3 Å². The Labute approximate surface area is 199 Å². The van der Waals surface area contributed by atoms with Gasteiger partial charge in [0.25, 0.3) is 0 Å². The molecule has 1 aliphatic carbocycles. The zero-order valence-corrected chi connectivity index (χ0v) is 18.9. The highest BCUT2D eigenvalue weighted by Gasteiger charge is 2.34. The summed E-state index contributed by atoms with van der Waals surface area (Å²) in [6, 6.07) is 12.3. The molecule has 1 saturated carbocycles. The van der Waals surface area contributed by atoms with Crippen molar-refractivity contribution in [2.75, 3.05) is 6.54 Å². The number of hydrogen-bond acceptors (Lipinski definition) is 4. The summed E-state index contributed by atoms with van der Waals surface area (Å²) in [6.07, 6.45) is 5.06. The largest absolute Gasteiger partial charge is 0.350 e. The van der Waals surface area contributed by atoms with Crippen molar-refractivity contribution in [2.45, 2.75) is 32.0 Å². The molecule has 1 aliphatic rings. The van der Waals surface area contributed by atoms with Gasteiger partial charge in [-0.3, -0.25) is 14.3 Å². The van der Waals surface area contributed by atoms with E-state index in [0.717, 1.165) is 23.7 Å². The zero-order valence-electron chi connectivity index (χ0n) is 18.2. The summed E-state index contributed by atoms with van der Waals surface area (Å²) in [5, 5.41) is 8.19. The number of nitrogens with zero attached hydrogens (tertiary/aromatic N) is 4. The van der Waals surface area contributed by atoms with E-state index in [2.05, 4.69) is 20.4 Å². The van der Waals surface area contributed by atoms with Gasteiger partial charge in [0, 0.05) is 35.9 Å². The lowest BCUT2D eigenvalue weighted by molar-refractivity contribution is -0.137. The molecule has 0 saturated heterocycles. The Kier molecular flexibility index (Phi) is 6.02. The second-order valence-corrected chi connectivity index (χ2v) is 8.61. The second kappa shape index (κ2) is 9.26. The van der Waals surface area contributed by atoms with Crippen LogP contribution in [0.25, 0.3) is 22.4 Å². The maximum atomic E-state index is 14.1. The Morgan fingerprint density at radius 1 is 1.21 bits per heavy atom. The Bertz CT molecular complexity index is 1350. The van der Waals surface area contributed by atoms with Crippen LogP contribution in [-0.2, 0) is 22.7 Å². The van der Waals surface area contributed by atoms with Gasteiger partial charge in [-0.25, -0.2) is 9.37 Å². The Hall–Kier alpha value is -3.72. The van der Waals surface area contributed by atoms with Crippen LogP contribution in [0, 0.1) is 5.82 Å². The van der Waals surface area contributed by atoms with Crippen molar-refractivity contribution in [1.82, 2.24) is 30.0 Å². The minimum absolute atomic E-state index is 0.00176. The van der Waals surface area contributed by atoms with E-state index in [0.29, 0.717) is 17.1 Å². The molecular weight excluding hydrogens is 459 g/mol. The lowest BCUT2D eigenvalue weighted by Crippen LogP contribution is -2.43. The molecule has 5 rings (SSSR count). The fourth-order valence-corrected chi connectivity index (χ4v) is 4.13. The van der Waals surface area contributed by atoms with Gasteiger partial charge in [-0.15, -0.1) is 0 Å². The average Bonchev–Trinajstić information content (AvgIpc) is 3.40. The molecule has 0 bridgehead atoms. The summed E-state index contributed by atoms with van der Waals surface area (Å²) >= 11 is 5.80. The molecule has 2 aromatic heterocycles. The molecule has 4 aromatic rings. The van der Waals surface area contributed by atoms with E-state index in [4.69, 9.17) is 11.6 Å². The number of benzene rings is 2. The molecule has 2 amide bonds. The van der Waals surface area contributed by atoms with Crippen LogP contribution < -0.4 is 5.32 Å².